The van der Waals surface area contributed by atoms with E-state index in [1.54, 1.807) is 6.92 Å². The van der Waals surface area contributed by atoms with E-state index < -0.39 is 0 Å². The number of carbonyl (C=O) groups is 1. The van der Waals surface area contributed by atoms with Gasteiger partial charge in [-0.1, -0.05) is 6.58 Å². The van der Waals surface area contributed by atoms with Crippen molar-refractivity contribution in [2.45, 2.75) is 19.4 Å². The highest BCUT2D eigenvalue weighted by Gasteiger charge is 2.18. The molecule has 1 saturated heterocycles. The van der Waals surface area contributed by atoms with Crippen LogP contribution in [0, 0.1) is 0 Å². The molecule has 3 heteroatoms. The summed E-state index contributed by atoms with van der Waals surface area (Å²) < 4.78 is 5.07. The van der Waals surface area contributed by atoms with Gasteiger partial charge in [0.1, 0.15) is 6.10 Å². The number of ether oxygens (including phenoxy) is 1. The summed E-state index contributed by atoms with van der Waals surface area (Å²) in [6.45, 7) is 6.88. The van der Waals surface area contributed by atoms with E-state index in [1.807, 2.05) is 0 Å². The normalized spacial score (nSPS) is 23.2. The molecule has 1 unspecified atom stereocenters. The van der Waals surface area contributed by atoms with Crippen molar-refractivity contribution in [2.24, 2.45) is 0 Å². The molecule has 0 saturated carbocycles. The van der Waals surface area contributed by atoms with Crippen LogP contribution in [0.15, 0.2) is 12.2 Å². The summed E-state index contributed by atoms with van der Waals surface area (Å²) >= 11 is 0. The zero-order chi connectivity index (χ0) is 8.27. The van der Waals surface area contributed by atoms with E-state index in [0.717, 1.165) is 19.5 Å². The molecule has 0 aliphatic carbocycles. The number of nitrogens with one attached hydrogen (secondary N) is 1. The number of carbonyl (C=O) groups excluding carboxylic acids is 1. The van der Waals surface area contributed by atoms with E-state index >= 15 is 0 Å². The van der Waals surface area contributed by atoms with Crippen molar-refractivity contribution in [2.75, 3.05) is 13.1 Å². The van der Waals surface area contributed by atoms with Crippen LogP contribution in [0.2, 0.25) is 0 Å². The fourth-order valence-corrected chi connectivity index (χ4v) is 0.981. The van der Waals surface area contributed by atoms with Gasteiger partial charge in [-0.2, -0.15) is 0 Å². The Morgan fingerprint density at radius 1 is 1.73 bits per heavy atom. The van der Waals surface area contributed by atoms with Gasteiger partial charge in [-0.3, -0.25) is 0 Å². The van der Waals surface area contributed by atoms with Gasteiger partial charge in [-0.05, 0) is 19.9 Å². The van der Waals surface area contributed by atoms with Gasteiger partial charge in [0, 0.05) is 12.1 Å². The molecule has 1 atom stereocenters. The summed E-state index contributed by atoms with van der Waals surface area (Å²) in [5.74, 6) is -0.279. The van der Waals surface area contributed by atoms with Gasteiger partial charge in [0.05, 0.1) is 0 Å². The SMILES string of the molecule is C=C(C)C(=O)OC1CCNC1. The molecule has 0 bridgehead atoms. The molecule has 0 aromatic rings. The molecule has 0 amide bonds. The number of rotatable bonds is 2. The molecule has 0 aromatic carbocycles. The van der Waals surface area contributed by atoms with Crippen LogP contribution in [0.25, 0.3) is 0 Å². The minimum absolute atomic E-state index is 0.0548. The van der Waals surface area contributed by atoms with Crippen molar-refractivity contribution in [3.8, 4) is 0 Å². The Bertz CT molecular complexity index is 171. The second-order valence-corrected chi connectivity index (χ2v) is 2.80. The highest BCUT2D eigenvalue weighted by Crippen LogP contribution is 2.05. The Balaban J connectivity index is 2.29. The fourth-order valence-electron chi connectivity index (χ4n) is 0.981. The van der Waals surface area contributed by atoms with Crippen LogP contribution >= 0.6 is 0 Å². The minimum Gasteiger partial charge on any atom is -0.458 e. The first-order valence-corrected chi connectivity index (χ1v) is 3.77. The van der Waals surface area contributed by atoms with Crippen LogP contribution in [0.3, 0.4) is 0 Å². The molecule has 0 spiro atoms. The summed E-state index contributed by atoms with van der Waals surface area (Å²) in [7, 11) is 0. The third kappa shape index (κ3) is 2.35. The van der Waals surface area contributed by atoms with Crippen molar-refractivity contribution < 1.29 is 9.53 Å². The van der Waals surface area contributed by atoms with E-state index in [0.29, 0.717) is 5.57 Å². The van der Waals surface area contributed by atoms with Gasteiger partial charge in [0.15, 0.2) is 0 Å². The van der Waals surface area contributed by atoms with Crippen molar-refractivity contribution in [1.82, 2.24) is 5.32 Å². The second kappa shape index (κ2) is 3.53. The topological polar surface area (TPSA) is 38.3 Å². The Hall–Kier alpha value is -0.830. The molecule has 0 aromatic heterocycles. The van der Waals surface area contributed by atoms with E-state index in [-0.39, 0.29) is 12.1 Å². The number of esters is 1. The lowest BCUT2D eigenvalue weighted by atomic mass is 10.3. The maximum atomic E-state index is 10.9. The average Bonchev–Trinajstić information content (AvgIpc) is 2.39. The largest absolute Gasteiger partial charge is 0.458 e. The molecular weight excluding hydrogens is 142 g/mol. The highest BCUT2D eigenvalue weighted by molar-refractivity contribution is 5.87. The third-order valence-electron chi connectivity index (χ3n) is 1.64. The first-order chi connectivity index (χ1) is 5.20. The standard InChI is InChI=1S/C8H13NO2/c1-6(2)8(10)11-7-3-4-9-5-7/h7,9H,1,3-5H2,2H3. The Morgan fingerprint density at radius 2 is 2.45 bits per heavy atom. The Morgan fingerprint density at radius 3 is 2.91 bits per heavy atom. The molecule has 11 heavy (non-hydrogen) atoms. The molecule has 62 valence electrons. The fraction of sp³-hybridized carbons (Fsp3) is 0.625. The van der Waals surface area contributed by atoms with Crippen LogP contribution < -0.4 is 5.32 Å². The average molecular weight is 155 g/mol. The molecule has 0 radical (unpaired) electrons. The van der Waals surface area contributed by atoms with Crippen molar-refractivity contribution in [3.05, 3.63) is 12.2 Å². The predicted molar refractivity (Wildman–Crippen MR) is 42.2 cm³/mol. The second-order valence-electron chi connectivity index (χ2n) is 2.80. The summed E-state index contributed by atoms with van der Waals surface area (Å²) in [5, 5.41) is 3.11. The van der Waals surface area contributed by atoms with Gasteiger partial charge in [-0.25, -0.2) is 4.79 Å². The lowest BCUT2D eigenvalue weighted by molar-refractivity contribution is -0.143. The summed E-state index contributed by atoms with van der Waals surface area (Å²) in [6, 6.07) is 0. The molecule has 1 N–H and O–H groups in total. The molecule has 1 heterocycles. The molecule has 1 aliphatic rings. The van der Waals surface area contributed by atoms with Gasteiger partial charge < -0.3 is 10.1 Å². The third-order valence-corrected chi connectivity index (χ3v) is 1.64. The van der Waals surface area contributed by atoms with Crippen LogP contribution in [-0.4, -0.2) is 25.2 Å². The van der Waals surface area contributed by atoms with Crippen LogP contribution in [0.4, 0.5) is 0 Å². The monoisotopic (exact) mass is 155 g/mol. The van der Waals surface area contributed by atoms with E-state index in [1.165, 1.54) is 0 Å². The molecule has 1 fully saturated rings. The van der Waals surface area contributed by atoms with Gasteiger partial charge in [0.25, 0.3) is 0 Å². The molecule has 3 nitrogen and oxygen atoms in total. The van der Waals surface area contributed by atoms with Gasteiger partial charge >= 0.3 is 5.97 Å². The minimum atomic E-state index is -0.279. The zero-order valence-electron chi connectivity index (χ0n) is 6.72. The number of hydrogen-bond acceptors (Lipinski definition) is 3. The Labute approximate surface area is 66.4 Å². The van der Waals surface area contributed by atoms with Crippen molar-refractivity contribution in [3.63, 3.8) is 0 Å². The summed E-state index contributed by atoms with van der Waals surface area (Å²) in [5.41, 5.74) is 0.469. The maximum absolute atomic E-state index is 10.9. The zero-order valence-corrected chi connectivity index (χ0v) is 6.72. The van der Waals surface area contributed by atoms with Crippen molar-refractivity contribution >= 4 is 5.97 Å². The van der Waals surface area contributed by atoms with Crippen LogP contribution in [0.5, 0.6) is 0 Å². The molecule has 1 aliphatic heterocycles. The van der Waals surface area contributed by atoms with Crippen LogP contribution in [0.1, 0.15) is 13.3 Å². The Kier molecular flexibility index (Phi) is 2.65. The lowest BCUT2D eigenvalue weighted by Gasteiger charge is -2.09. The number of hydrogen-bond donors (Lipinski definition) is 1. The highest BCUT2D eigenvalue weighted by atomic mass is 16.5. The van der Waals surface area contributed by atoms with Gasteiger partial charge in [-0.15, -0.1) is 0 Å². The van der Waals surface area contributed by atoms with Crippen molar-refractivity contribution in [1.29, 1.82) is 0 Å². The van der Waals surface area contributed by atoms with E-state index in [2.05, 4.69) is 11.9 Å². The smallest absolute Gasteiger partial charge is 0.333 e. The first kappa shape index (κ1) is 8.27. The summed E-state index contributed by atoms with van der Waals surface area (Å²) in [6.07, 6.45) is 0.971. The van der Waals surface area contributed by atoms with Crippen LogP contribution in [-0.2, 0) is 9.53 Å². The van der Waals surface area contributed by atoms with E-state index in [9.17, 15) is 4.79 Å². The molecular formula is C8H13NO2. The summed E-state index contributed by atoms with van der Waals surface area (Å²) in [4.78, 5) is 10.9. The lowest BCUT2D eigenvalue weighted by Crippen LogP contribution is -2.20. The molecule has 1 rings (SSSR count). The maximum Gasteiger partial charge on any atom is 0.333 e. The quantitative estimate of drug-likeness (QED) is 0.465. The van der Waals surface area contributed by atoms with Gasteiger partial charge in [0.2, 0.25) is 0 Å². The predicted octanol–water partition coefficient (Wildman–Crippen LogP) is 0.468. The first-order valence-electron chi connectivity index (χ1n) is 3.77. The van der Waals surface area contributed by atoms with E-state index in [4.69, 9.17) is 4.74 Å².